The van der Waals surface area contributed by atoms with Crippen molar-refractivity contribution in [3.8, 4) is 0 Å². The zero-order valence-corrected chi connectivity index (χ0v) is 9.45. The Labute approximate surface area is 83.2 Å². The van der Waals surface area contributed by atoms with Crippen LogP contribution in [-0.4, -0.2) is 23.8 Å². The minimum atomic E-state index is -0.553. The zero-order valence-electron chi connectivity index (χ0n) is 7.86. The molecule has 0 radical (unpaired) electrons. The normalized spacial score (nSPS) is 11.7. The molecule has 3 heteroatoms. The SMILES string of the molecule is C=C(Br)CNCC(O)(CC)CC. The second kappa shape index (κ2) is 5.73. The Balaban J connectivity index is 3.65. The quantitative estimate of drug-likeness (QED) is 0.739. The molecule has 0 aromatic carbocycles. The maximum atomic E-state index is 9.83. The van der Waals surface area contributed by atoms with Crippen LogP contribution in [0.15, 0.2) is 11.1 Å². The van der Waals surface area contributed by atoms with Gasteiger partial charge < -0.3 is 10.4 Å². The Morgan fingerprint density at radius 1 is 1.50 bits per heavy atom. The molecule has 0 fully saturated rings. The van der Waals surface area contributed by atoms with E-state index in [2.05, 4.69) is 27.8 Å². The van der Waals surface area contributed by atoms with E-state index < -0.39 is 5.60 Å². The molecule has 0 unspecified atom stereocenters. The van der Waals surface area contributed by atoms with Gasteiger partial charge in [0.15, 0.2) is 0 Å². The summed E-state index contributed by atoms with van der Waals surface area (Å²) in [6.45, 7) is 9.03. The van der Waals surface area contributed by atoms with E-state index in [-0.39, 0.29) is 0 Å². The van der Waals surface area contributed by atoms with Crippen molar-refractivity contribution in [2.45, 2.75) is 32.3 Å². The molecule has 0 spiro atoms. The van der Waals surface area contributed by atoms with Gasteiger partial charge in [0, 0.05) is 17.6 Å². The third-order valence-electron chi connectivity index (χ3n) is 2.09. The average Bonchev–Trinajstić information content (AvgIpc) is 2.03. The van der Waals surface area contributed by atoms with Crippen molar-refractivity contribution in [1.82, 2.24) is 5.32 Å². The minimum absolute atomic E-state index is 0.553. The van der Waals surface area contributed by atoms with Crippen molar-refractivity contribution in [2.75, 3.05) is 13.1 Å². The van der Waals surface area contributed by atoms with E-state index in [4.69, 9.17) is 0 Å². The van der Waals surface area contributed by atoms with Crippen LogP contribution in [0.1, 0.15) is 26.7 Å². The Kier molecular flexibility index (Phi) is 5.80. The van der Waals surface area contributed by atoms with Gasteiger partial charge in [0.2, 0.25) is 0 Å². The van der Waals surface area contributed by atoms with Crippen LogP contribution in [0, 0.1) is 0 Å². The Morgan fingerprint density at radius 2 is 2.00 bits per heavy atom. The molecule has 0 aromatic rings. The molecule has 2 nitrogen and oxygen atoms in total. The van der Waals surface area contributed by atoms with Crippen molar-refractivity contribution in [3.63, 3.8) is 0 Å². The molecule has 0 saturated carbocycles. The zero-order chi connectivity index (χ0) is 9.61. The van der Waals surface area contributed by atoms with E-state index in [1.54, 1.807) is 0 Å². The molecule has 0 atom stereocenters. The molecule has 0 aromatic heterocycles. The second-order valence-electron chi connectivity index (χ2n) is 3.05. The van der Waals surface area contributed by atoms with Gasteiger partial charge in [-0.1, -0.05) is 36.4 Å². The van der Waals surface area contributed by atoms with Gasteiger partial charge in [0.05, 0.1) is 5.60 Å². The highest BCUT2D eigenvalue weighted by atomic mass is 79.9. The van der Waals surface area contributed by atoms with Gasteiger partial charge >= 0.3 is 0 Å². The molecule has 2 N–H and O–H groups in total. The van der Waals surface area contributed by atoms with Crippen molar-refractivity contribution in [3.05, 3.63) is 11.1 Å². The fourth-order valence-electron chi connectivity index (χ4n) is 0.931. The molecule has 0 amide bonds. The van der Waals surface area contributed by atoms with Gasteiger partial charge in [-0.15, -0.1) is 0 Å². The molecular weight excluding hydrogens is 218 g/mol. The molecule has 0 heterocycles. The molecule has 0 aliphatic rings. The molecule has 72 valence electrons. The fourth-order valence-corrected chi connectivity index (χ4v) is 1.13. The van der Waals surface area contributed by atoms with E-state index in [1.165, 1.54) is 0 Å². The first kappa shape index (κ1) is 12.1. The van der Waals surface area contributed by atoms with Gasteiger partial charge in [-0.2, -0.15) is 0 Å². The number of hydrogen-bond acceptors (Lipinski definition) is 2. The monoisotopic (exact) mass is 235 g/mol. The highest BCUT2D eigenvalue weighted by molar-refractivity contribution is 9.11. The summed E-state index contributed by atoms with van der Waals surface area (Å²) in [5.41, 5.74) is -0.553. The standard InChI is InChI=1S/C9H18BrNO/c1-4-9(12,5-2)7-11-6-8(3)10/h11-12H,3-7H2,1-2H3. The van der Waals surface area contributed by atoms with Crippen LogP contribution in [0.5, 0.6) is 0 Å². The van der Waals surface area contributed by atoms with Gasteiger partial charge in [-0.25, -0.2) is 0 Å². The summed E-state index contributed by atoms with van der Waals surface area (Å²) >= 11 is 3.25. The number of hydrogen-bond donors (Lipinski definition) is 2. The Hall–Kier alpha value is 0.140. The third kappa shape index (κ3) is 4.91. The highest BCUT2D eigenvalue weighted by Crippen LogP contribution is 2.12. The van der Waals surface area contributed by atoms with Gasteiger partial charge in [-0.3, -0.25) is 0 Å². The maximum absolute atomic E-state index is 9.83. The lowest BCUT2D eigenvalue weighted by Gasteiger charge is -2.25. The summed E-state index contributed by atoms with van der Waals surface area (Å²) in [6, 6.07) is 0. The fraction of sp³-hybridized carbons (Fsp3) is 0.778. The summed E-state index contributed by atoms with van der Waals surface area (Å²) in [7, 11) is 0. The lowest BCUT2D eigenvalue weighted by molar-refractivity contribution is 0.0335. The van der Waals surface area contributed by atoms with Crippen LogP contribution in [-0.2, 0) is 0 Å². The highest BCUT2D eigenvalue weighted by Gasteiger charge is 2.20. The van der Waals surface area contributed by atoms with Crippen molar-refractivity contribution < 1.29 is 5.11 Å². The lowest BCUT2D eigenvalue weighted by Crippen LogP contribution is -2.39. The summed E-state index contributed by atoms with van der Waals surface area (Å²) in [5, 5.41) is 13.0. The van der Waals surface area contributed by atoms with Crippen LogP contribution >= 0.6 is 15.9 Å². The second-order valence-corrected chi connectivity index (χ2v) is 4.17. The lowest BCUT2D eigenvalue weighted by atomic mass is 9.98. The van der Waals surface area contributed by atoms with Crippen molar-refractivity contribution >= 4 is 15.9 Å². The van der Waals surface area contributed by atoms with Gasteiger partial charge in [0.25, 0.3) is 0 Å². The molecular formula is C9H18BrNO. The maximum Gasteiger partial charge on any atom is 0.0766 e. The van der Waals surface area contributed by atoms with Crippen LogP contribution in [0.3, 0.4) is 0 Å². The molecule has 0 rings (SSSR count). The van der Waals surface area contributed by atoms with E-state index in [0.717, 1.165) is 17.3 Å². The Bertz CT molecular complexity index is 143. The van der Waals surface area contributed by atoms with Crippen molar-refractivity contribution in [1.29, 1.82) is 0 Å². The summed E-state index contributed by atoms with van der Waals surface area (Å²) in [5.74, 6) is 0. The summed E-state index contributed by atoms with van der Waals surface area (Å²) < 4.78 is 0.914. The van der Waals surface area contributed by atoms with Crippen LogP contribution in [0.25, 0.3) is 0 Å². The molecule has 0 bridgehead atoms. The predicted octanol–water partition coefficient (Wildman–Crippen LogP) is 2.04. The van der Waals surface area contributed by atoms with Crippen LogP contribution in [0.2, 0.25) is 0 Å². The third-order valence-corrected chi connectivity index (χ3v) is 2.37. The van der Waals surface area contributed by atoms with E-state index in [1.807, 2.05) is 13.8 Å². The number of halogens is 1. The predicted molar refractivity (Wildman–Crippen MR) is 56.5 cm³/mol. The molecule has 0 aliphatic carbocycles. The number of aliphatic hydroxyl groups is 1. The summed E-state index contributed by atoms with van der Waals surface area (Å²) in [6.07, 6.45) is 1.57. The number of nitrogens with one attached hydrogen (secondary N) is 1. The molecule has 12 heavy (non-hydrogen) atoms. The minimum Gasteiger partial charge on any atom is -0.389 e. The first-order chi connectivity index (χ1) is 5.54. The van der Waals surface area contributed by atoms with Gasteiger partial charge in [0.1, 0.15) is 0 Å². The van der Waals surface area contributed by atoms with Crippen molar-refractivity contribution in [2.24, 2.45) is 0 Å². The molecule has 0 aliphatic heterocycles. The summed E-state index contributed by atoms with van der Waals surface area (Å²) in [4.78, 5) is 0. The smallest absolute Gasteiger partial charge is 0.0766 e. The first-order valence-electron chi connectivity index (χ1n) is 4.30. The van der Waals surface area contributed by atoms with E-state index in [9.17, 15) is 5.11 Å². The van der Waals surface area contributed by atoms with Crippen LogP contribution in [0.4, 0.5) is 0 Å². The Morgan fingerprint density at radius 3 is 2.33 bits per heavy atom. The van der Waals surface area contributed by atoms with E-state index in [0.29, 0.717) is 13.1 Å². The topological polar surface area (TPSA) is 32.3 Å². The number of rotatable bonds is 6. The van der Waals surface area contributed by atoms with Crippen LogP contribution < -0.4 is 5.32 Å². The molecule has 0 saturated heterocycles. The largest absolute Gasteiger partial charge is 0.389 e. The van der Waals surface area contributed by atoms with Gasteiger partial charge in [-0.05, 0) is 12.8 Å². The average molecular weight is 236 g/mol. The first-order valence-corrected chi connectivity index (χ1v) is 5.09. The van der Waals surface area contributed by atoms with E-state index >= 15 is 0 Å².